The molecule has 0 aliphatic heterocycles. The molecule has 0 aliphatic carbocycles. The topological polar surface area (TPSA) is 75.6 Å². The van der Waals surface area contributed by atoms with Gasteiger partial charge in [0.1, 0.15) is 11.8 Å². The summed E-state index contributed by atoms with van der Waals surface area (Å²) in [7, 11) is 0. The highest BCUT2D eigenvalue weighted by atomic mass is 16.5. The number of hydrogen-bond donors (Lipinski definition) is 2. The largest absolute Gasteiger partial charge is 0.484 e. The molecule has 19 heavy (non-hydrogen) atoms. The number of benzene rings is 1. The van der Waals surface area contributed by atoms with Crippen LogP contribution in [0.3, 0.4) is 0 Å². The van der Waals surface area contributed by atoms with Gasteiger partial charge in [-0.05, 0) is 31.0 Å². The maximum atomic E-state index is 11.4. The zero-order valence-corrected chi connectivity index (χ0v) is 11.2. The van der Waals surface area contributed by atoms with Crippen LogP contribution in [-0.4, -0.2) is 29.6 Å². The molecule has 1 amide bonds. The molecule has 1 rings (SSSR count). The molecule has 0 saturated heterocycles. The molecule has 5 heteroatoms. The summed E-state index contributed by atoms with van der Waals surface area (Å²) in [5.41, 5.74) is 1.22. The lowest BCUT2D eigenvalue weighted by molar-refractivity contribution is -0.141. The van der Waals surface area contributed by atoms with E-state index in [0.29, 0.717) is 5.75 Å². The number of carboxylic acid groups (broad SMARTS) is 1. The molecule has 104 valence electrons. The Labute approximate surface area is 112 Å². The summed E-state index contributed by atoms with van der Waals surface area (Å²) < 4.78 is 5.28. The summed E-state index contributed by atoms with van der Waals surface area (Å²) in [6.45, 7) is 3.32. The van der Waals surface area contributed by atoms with Crippen molar-refractivity contribution in [2.75, 3.05) is 6.61 Å². The summed E-state index contributed by atoms with van der Waals surface area (Å²) in [6.07, 6.45) is 2.09. The molecule has 0 spiro atoms. The van der Waals surface area contributed by atoms with E-state index in [1.165, 1.54) is 12.5 Å². The SMILES string of the molecule is CCCc1ccc(OCC(=O)N[C@H](C)C(=O)O)cc1. The first-order valence-electron chi connectivity index (χ1n) is 6.26. The molecule has 0 bridgehead atoms. The zero-order valence-electron chi connectivity index (χ0n) is 11.2. The average molecular weight is 265 g/mol. The second-order valence-corrected chi connectivity index (χ2v) is 4.31. The number of hydrogen-bond acceptors (Lipinski definition) is 3. The number of carbonyl (C=O) groups excluding carboxylic acids is 1. The zero-order chi connectivity index (χ0) is 14.3. The van der Waals surface area contributed by atoms with Crippen LogP contribution in [-0.2, 0) is 16.0 Å². The van der Waals surface area contributed by atoms with E-state index in [4.69, 9.17) is 9.84 Å². The van der Waals surface area contributed by atoms with E-state index in [2.05, 4.69) is 12.2 Å². The fraction of sp³-hybridized carbons (Fsp3) is 0.429. The average Bonchev–Trinajstić information content (AvgIpc) is 2.38. The van der Waals surface area contributed by atoms with Crippen molar-refractivity contribution in [3.63, 3.8) is 0 Å². The van der Waals surface area contributed by atoms with Crippen LogP contribution in [0.4, 0.5) is 0 Å². The molecular formula is C14H19NO4. The van der Waals surface area contributed by atoms with E-state index in [-0.39, 0.29) is 6.61 Å². The molecule has 0 aliphatic rings. The standard InChI is InChI=1S/C14H19NO4/c1-3-4-11-5-7-12(8-6-11)19-9-13(16)15-10(2)14(17)18/h5-8,10H,3-4,9H2,1-2H3,(H,15,16)(H,17,18)/t10-/m1/s1. The van der Waals surface area contributed by atoms with E-state index in [9.17, 15) is 9.59 Å². The Morgan fingerprint density at radius 1 is 1.32 bits per heavy atom. The molecule has 5 nitrogen and oxygen atoms in total. The Balaban J connectivity index is 2.39. The van der Waals surface area contributed by atoms with Gasteiger partial charge in [0.05, 0.1) is 0 Å². The third-order valence-electron chi connectivity index (χ3n) is 2.58. The van der Waals surface area contributed by atoms with Crippen molar-refractivity contribution < 1.29 is 19.4 Å². The summed E-state index contributed by atoms with van der Waals surface area (Å²) in [4.78, 5) is 22.0. The lowest BCUT2D eigenvalue weighted by atomic mass is 10.1. The van der Waals surface area contributed by atoms with Gasteiger partial charge in [-0.25, -0.2) is 0 Å². The normalized spacial score (nSPS) is 11.7. The maximum Gasteiger partial charge on any atom is 0.325 e. The van der Waals surface area contributed by atoms with Gasteiger partial charge in [-0.3, -0.25) is 9.59 Å². The van der Waals surface area contributed by atoms with Crippen LogP contribution >= 0.6 is 0 Å². The second kappa shape index (κ2) is 7.41. The van der Waals surface area contributed by atoms with Gasteiger partial charge >= 0.3 is 5.97 Å². The highest BCUT2D eigenvalue weighted by Gasteiger charge is 2.13. The third-order valence-corrected chi connectivity index (χ3v) is 2.58. The Morgan fingerprint density at radius 2 is 1.95 bits per heavy atom. The lowest BCUT2D eigenvalue weighted by Crippen LogP contribution is -2.40. The van der Waals surface area contributed by atoms with Crippen molar-refractivity contribution >= 4 is 11.9 Å². The Kier molecular flexibility index (Phi) is 5.85. The first-order chi connectivity index (χ1) is 9.02. The van der Waals surface area contributed by atoms with Gasteiger partial charge in [-0.15, -0.1) is 0 Å². The smallest absolute Gasteiger partial charge is 0.325 e. The third kappa shape index (κ3) is 5.42. The fourth-order valence-electron chi connectivity index (χ4n) is 1.53. The highest BCUT2D eigenvalue weighted by molar-refractivity contribution is 5.84. The van der Waals surface area contributed by atoms with Crippen molar-refractivity contribution in [1.82, 2.24) is 5.32 Å². The highest BCUT2D eigenvalue weighted by Crippen LogP contribution is 2.13. The van der Waals surface area contributed by atoms with Gasteiger partial charge in [-0.1, -0.05) is 25.5 Å². The van der Waals surface area contributed by atoms with Gasteiger partial charge < -0.3 is 15.2 Å². The number of nitrogens with one attached hydrogen (secondary N) is 1. The molecular weight excluding hydrogens is 246 g/mol. The van der Waals surface area contributed by atoms with E-state index in [1.54, 1.807) is 12.1 Å². The van der Waals surface area contributed by atoms with E-state index in [1.807, 2.05) is 12.1 Å². The number of rotatable bonds is 7. The minimum absolute atomic E-state index is 0.190. The predicted octanol–water partition coefficient (Wildman–Crippen LogP) is 1.61. The second-order valence-electron chi connectivity index (χ2n) is 4.31. The van der Waals surface area contributed by atoms with Crippen molar-refractivity contribution in [2.24, 2.45) is 0 Å². The summed E-state index contributed by atoms with van der Waals surface area (Å²) in [6, 6.07) is 6.61. The van der Waals surface area contributed by atoms with Gasteiger partial charge in [0.15, 0.2) is 6.61 Å². The van der Waals surface area contributed by atoms with Crippen LogP contribution < -0.4 is 10.1 Å². The number of carbonyl (C=O) groups is 2. The van der Waals surface area contributed by atoms with Gasteiger partial charge in [0, 0.05) is 0 Å². The first kappa shape index (κ1) is 15.0. The molecule has 0 unspecified atom stereocenters. The maximum absolute atomic E-state index is 11.4. The van der Waals surface area contributed by atoms with E-state index >= 15 is 0 Å². The molecule has 1 aromatic carbocycles. The van der Waals surface area contributed by atoms with Crippen LogP contribution in [0.1, 0.15) is 25.8 Å². The molecule has 0 radical (unpaired) electrons. The molecule has 2 N–H and O–H groups in total. The number of carboxylic acids is 1. The summed E-state index contributed by atoms with van der Waals surface area (Å²) in [5, 5.41) is 11.0. The minimum atomic E-state index is -1.07. The van der Waals surface area contributed by atoms with Crippen LogP contribution in [0.15, 0.2) is 24.3 Å². The molecule has 1 atom stereocenters. The number of ether oxygens (including phenoxy) is 1. The Hall–Kier alpha value is -2.04. The Bertz CT molecular complexity index is 428. The number of aryl methyl sites for hydroxylation is 1. The van der Waals surface area contributed by atoms with Gasteiger partial charge in [-0.2, -0.15) is 0 Å². The van der Waals surface area contributed by atoms with Crippen molar-refractivity contribution in [1.29, 1.82) is 0 Å². The minimum Gasteiger partial charge on any atom is -0.484 e. The van der Waals surface area contributed by atoms with Crippen LogP contribution in [0.5, 0.6) is 5.75 Å². The fourth-order valence-corrected chi connectivity index (χ4v) is 1.53. The molecule has 1 aromatic rings. The molecule has 0 aromatic heterocycles. The van der Waals surface area contributed by atoms with Crippen molar-refractivity contribution in [3.8, 4) is 5.75 Å². The summed E-state index contributed by atoms with van der Waals surface area (Å²) in [5.74, 6) is -0.928. The molecule has 0 fully saturated rings. The van der Waals surface area contributed by atoms with Gasteiger partial charge in [0.25, 0.3) is 5.91 Å². The van der Waals surface area contributed by atoms with Crippen molar-refractivity contribution in [3.05, 3.63) is 29.8 Å². The Morgan fingerprint density at radius 3 is 2.47 bits per heavy atom. The van der Waals surface area contributed by atoms with E-state index in [0.717, 1.165) is 12.8 Å². The quantitative estimate of drug-likeness (QED) is 0.785. The van der Waals surface area contributed by atoms with Crippen LogP contribution in [0.2, 0.25) is 0 Å². The first-order valence-corrected chi connectivity index (χ1v) is 6.26. The molecule has 0 heterocycles. The van der Waals surface area contributed by atoms with E-state index < -0.39 is 17.9 Å². The van der Waals surface area contributed by atoms with Crippen LogP contribution in [0.25, 0.3) is 0 Å². The van der Waals surface area contributed by atoms with Crippen LogP contribution in [0, 0.1) is 0 Å². The summed E-state index contributed by atoms with van der Waals surface area (Å²) >= 11 is 0. The van der Waals surface area contributed by atoms with Gasteiger partial charge in [0.2, 0.25) is 0 Å². The monoisotopic (exact) mass is 265 g/mol. The van der Waals surface area contributed by atoms with Crippen molar-refractivity contribution in [2.45, 2.75) is 32.7 Å². The number of aliphatic carboxylic acids is 1. The lowest BCUT2D eigenvalue weighted by Gasteiger charge is -2.10. The number of amides is 1. The molecule has 0 saturated carbocycles. The predicted molar refractivity (Wildman–Crippen MR) is 71.2 cm³/mol.